The summed E-state index contributed by atoms with van der Waals surface area (Å²) in [6, 6.07) is 7.72. The Kier molecular flexibility index (Phi) is 6.98. The van der Waals surface area contributed by atoms with Crippen LogP contribution in [0.25, 0.3) is 0 Å². The number of carbonyl (C=O) groups is 2. The monoisotopic (exact) mass is 411 g/mol. The van der Waals surface area contributed by atoms with Crippen LogP contribution >= 0.6 is 11.3 Å². The maximum absolute atomic E-state index is 13.1. The minimum atomic E-state index is -4.00. The molecular weight excluding hydrogens is 390 g/mol. The van der Waals surface area contributed by atoms with Crippen molar-refractivity contribution in [3.63, 3.8) is 0 Å². The van der Waals surface area contributed by atoms with Crippen LogP contribution in [0.1, 0.15) is 29.8 Å². The molecule has 0 amide bonds. The number of ether oxygens (including phenoxy) is 2. The van der Waals surface area contributed by atoms with Crippen molar-refractivity contribution < 1.29 is 27.5 Å². The summed E-state index contributed by atoms with van der Waals surface area (Å²) in [5.41, 5.74) is 0.868. The lowest BCUT2D eigenvalue weighted by Crippen LogP contribution is -2.37. The van der Waals surface area contributed by atoms with Gasteiger partial charge in [-0.2, -0.15) is 0 Å². The first kappa shape index (κ1) is 20.9. The van der Waals surface area contributed by atoms with Crippen LogP contribution in [0, 0.1) is 6.92 Å². The van der Waals surface area contributed by atoms with Gasteiger partial charge < -0.3 is 9.47 Å². The molecule has 1 heterocycles. The van der Waals surface area contributed by atoms with Gasteiger partial charge in [0, 0.05) is 0 Å². The average molecular weight is 412 g/mol. The minimum Gasteiger partial charge on any atom is -0.465 e. The normalized spacial score (nSPS) is 11.1. The third kappa shape index (κ3) is 4.67. The largest absolute Gasteiger partial charge is 0.465 e. The topological polar surface area (TPSA) is 90.0 Å². The van der Waals surface area contributed by atoms with Gasteiger partial charge in [-0.3, -0.25) is 9.10 Å². The van der Waals surface area contributed by atoms with Crippen LogP contribution < -0.4 is 4.31 Å². The molecule has 146 valence electrons. The van der Waals surface area contributed by atoms with Crippen LogP contribution in [-0.4, -0.2) is 40.1 Å². The zero-order valence-corrected chi connectivity index (χ0v) is 16.9. The zero-order valence-electron chi connectivity index (χ0n) is 15.3. The molecule has 0 aliphatic heterocycles. The molecule has 0 saturated carbocycles. The Morgan fingerprint density at radius 1 is 1.07 bits per heavy atom. The van der Waals surface area contributed by atoms with E-state index >= 15 is 0 Å². The number of nitrogens with zero attached hydrogens (tertiary/aromatic N) is 1. The van der Waals surface area contributed by atoms with E-state index in [1.807, 2.05) is 0 Å². The second-order valence-corrected chi connectivity index (χ2v) is 8.46. The van der Waals surface area contributed by atoms with E-state index in [1.54, 1.807) is 50.4 Å². The summed E-state index contributed by atoms with van der Waals surface area (Å²) in [6.07, 6.45) is 0. The van der Waals surface area contributed by atoms with Crippen molar-refractivity contribution in [3.05, 3.63) is 46.8 Å². The molecule has 0 spiro atoms. The van der Waals surface area contributed by atoms with Gasteiger partial charge >= 0.3 is 11.9 Å². The fraction of sp³-hybridized carbons (Fsp3) is 0.333. The summed E-state index contributed by atoms with van der Waals surface area (Å²) in [5.74, 6) is -1.24. The Morgan fingerprint density at radius 2 is 1.78 bits per heavy atom. The molecule has 0 bridgehead atoms. The van der Waals surface area contributed by atoms with Crippen LogP contribution in [0.4, 0.5) is 5.69 Å². The molecule has 0 aliphatic carbocycles. The van der Waals surface area contributed by atoms with Gasteiger partial charge in [-0.05, 0) is 49.9 Å². The van der Waals surface area contributed by atoms with Gasteiger partial charge in [-0.15, -0.1) is 11.3 Å². The highest BCUT2D eigenvalue weighted by atomic mass is 32.2. The van der Waals surface area contributed by atoms with Gasteiger partial charge in [-0.1, -0.05) is 12.1 Å². The highest BCUT2D eigenvalue weighted by molar-refractivity contribution is 7.94. The van der Waals surface area contributed by atoms with E-state index in [0.717, 1.165) is 15.6 Å². The molecule has 0 N–H and O–H groups in total. The molecule has 1 aromatic heterocycles. The Morgan fingerprint density at radius 3 is 2.37 bits per heavy atom. The summed E-state index contributed by atoms with van der Waals surface area (Å²) in [6.45, 7) is 4.77. The average Bonchev–Trinajstić information content (AvgIpc) is 3.16. The van der Waals surface area contributed by atoms with Crippen molar-refractivity contribution in [1.82, 2.24) is 0 Å². The molecule has 7 nitrogen and oxygen atoms in total. The highest BCUT2D eigenvalue weighted by Crippen LogP contribution is 2.30. The van der Waals surface area contributed by atoms with Crippen LogP contribution in [0.5, 0.6) is 0 Å². The summed E-state index contributed by atoms with van der Waals surface area (Å²) < 4.78 is 37.2. The number of anilines is 1. The summed E-state index contributed by atoms with van der Waals surface area (Å²) in [4.78, 5) is 24.2. The molecule has 0 saturated heterocycles. The molecular formula is C18H21NO6S2. The number of rotatable bonds is 8. The number of hydrogen-bond acceptors (Lipinski definition) is 7. The smallest absolute Gasteiger partial charge is 0.338 e. The van der Waals surface area contributed by atoms with E-state index in [4.69, 9.17) is 9.47 Å². The van der Waals surface area contributed by atoms with Crippen molar-refractivity contribution in [2.75, 3.05) is 24.1 Å². The number of hydrogen-bond donors (Lipinski definition) is 0. The predicted molar refractivity (Wildman–Crippen MR) is 103 cm³/mol. The fourth-order valence-electron chi connectivity index (χ4n) is 2.47. The molecule has 0 aliphatic rings. The van der Waals surface area contributed by atoms with Gasteiger partial charge in [0.25, 0.3) is 10.0 Å². The predicted octanol–water partition coefficient (Wildman–Crippen LogP) is 2.99. The minimum absolute atomic E-state index is 0.0905. The summed E-state index contributed by atoms with van der Waals surface area (Å²) in [7, 11) is -4.00. The van der Waals surface area contributed by atoms with Crippen molar-refractivity contribution in [1.29, 1.82) is 0 Å². The Hall–Kier alpha value is -2.39. The van der Waals surface area contributed by atoms with Crippen molar-refractivity contribution in [2.24, 2.45) is 0 Å². The number of esters is 2. The molecule has 27 heavy (non-hydrogen) atoms. The van der Waals surface area contributed by atoms with Gasteiger partial charge in [-0.25, -0.2) is 13.2 Å². The van der Waals surface area contributed by atoms with E-state index < -0.39 is 28.5 Å². The van der Waals surface area contributed by atoms with Crippen molar-refractivity contribution >= 4 is 39.0 Å². The maximum Gasteiger partial charge on any atom is 0.338 e. The number of sulfonamides is 1. The Bertz CT molecular complexity index is 906. The molecule has 2 rings (SSSR count). The van der Waals surface area contributed by atoms with E-state index in [2.05, 4.69) is 0 Å². The molecule has 0 radical (unpaired) electrons. The second kappa shape index (κ2) is 9.01. The first-order chi connectivity index (χ1) is 12.8. The summed E-state index contributed by atoms with van der Waals surface area (Å²) >= 11 is 1.04. The lowest BCUT2D eigenvalue weighted by molar-refractivity contribution is -0.141. The van der Waals surface area contributed by atoms with Gasteiger partial charge in [0.05, 0.1) is 24.5 Å². The van der Waals surface area contributed by atoms with Gasteiger partial charge in [0.1, 0.15) is 10.8 Å². The van der Waals surface area contributed by atoms with Crippen LogP contribution in [-0.2, 0) is 24.3 Å². The van der Waals surface area contributed by atoms with E-state index in [9.17, 15) is 18.0 Å². The first-order valence-corrected chi connectivity index (χ1v) is 10.6. The first-order valence-electron chi connectivity index (χ1n) is 8.31. The van der Waals surface area contributed by atoms with Crippen molar-refractivity contribution in [3.8, 4) is 0 Å². The third-order valence-electron chi connectivity index (χ3n) is 3.69. The van der Waals surface area contributed by atoms with Crippen molar-refractivity contribution in [2.45, 2.75) is 25.0 Å². The summed E-state index contributed by atoms with van der Waals surface area (Å²) in [5, 5.41) is 1.64. The standard InChI is InChI=1S/C18H21NO6S2/c1-4-24-16(20)12-19(27(22,23)17-10-7-11-26-17)15-9-6-8-14(13(15)3)18(21)25-5-2/h6-11H,4-5,12H2,1-3H3. The maximum atomic E-state index is 13.1. The van der Waals surface area contributed by atoms with Crippen LogP contribution in [0.15, 0.2) is 39.9 Å². The SMILES string of the molecule is CCOC(=O)CN(c1cccc(C(=O)OCC)c1C)S(=O)(=O)c1cccs1. The van der Waals surface area contributed by atoms with Gasteiger partial charge in [0.2, 0.25) is 0 Å². The molecule has 9 heteroatoms. The van der Waals surface area contributed by atoms with E-state index in [-0.39, 0.29) is 28.7 Å². The number of carbonyl (C=O) groups excluding carboxylic acids is 2. The van der Waals surface area contributed by atoms with Crippen LogP contribution in [0.2, 0.25) is 0 Å². The number of benzene rings is 1. The fourth-order valence-corrected chi connectivity index (χ4v) is 5.04. The van der Waals surface area contributed by atoms with Crippen LogP contribution in [0.3, 0.4) is 0 Å². The highest BCUT2D eigenvalue weighted by Gasteiger charge is 2.30. The Balaban J connectivity index is 2.56. The quantitative estimate of drug-likeness (QED) is 0.621. The van der Waals surface area contributed by atoms with E-state index in [1.165, 1.54) is 6.07 Å². The zero-order chi connectivity index (χ0) is 20.0. The molecule has 1 aromatic carbocycles. The van der Waals surface area contributed by atoms with Gasteiger partial charge in [0.15, 0.2) is 0 Å². The third-order valence-corrected chi connectivity index (χ3v) is 6.82. The van der Waals surface area contributed by atoms with E-state index in [0.29, 0.717) is 5.56 Å². The lowest BCUT2D eigenvalue weighted by atomic mass is 10.1. The molecule has 0 fully saturated rings. The Labute approximate surface area is 162 Å². The second-order valence-electron chi connectivity index (χ2n) is 5.42. The molecule has 0 unspecified atom stereocenters. The lowest BCUT2D eigenvalue weighted by Gasteiger charge is -2.25. The number of thiophene rings is 1. The molecule has 2 aromatic rings. The molecule has 0 atom stereocenters.